The van der Waals surface area contributed by atoms with Gasteiger partial charge < -0.3 is 5.73 Å². The summed E-state index contributed by atoms with van der Waals surface area (Å²) in [4.78, 5) is 11.8. The maximum Gasteiger partial charge on any atom is 0.190 e. The van der Waals surface area contributed by atoms with Crippen molar-refractivity contribution in [3.63, 3.8) is 0 Å². The summed E-state index contributed by atoms with van der Waals surface area (Å²) in [5.74, 6) is -0.263. The van der Waals surface area contributed by atoms with E-state index >= 15 is 0 Å². The largest absolute Gasteiger partial charge is 0.327 e. The molecule has 2 aromatic carbocycles. The van der Waals surface area contributed by atoms with Crippen molar-refractivity contribution in [1.29, 1.82) is 0 Å². The highest BCUT2D eigenvalue weighted by molar-refractivity contribution is 8.93. The minimum absolute atomic E-state index is 0. The molecule has 0 aliphatic rings. The van der Waals surface area contributed by atoms with Gasteiger partial charge in [0.1, 0.15) is 0 Å². The van der Waals surface area contributed by atoms with Crippen LogP contribution in [0.4, 0.5) is 0 Å². The Morgan fingerprint density at radius 1 is 0.905 bits per heavy atom. The van der Waals surface area contributed by atoms with Crippen molar-refractivity contribution in [2.45, 2.75) is 18.9 Å². The molecule has 4 heteroatoms. The van der Waals surface area contributed by atoms with Gasteiger partial charge >= 0.3 is 0 Å². The van der Waals surface area contributed by atoms with E-state index in [0.717, 1.165) is 11.1 Å². The fraction of sp³-hybridized carbons (Fsp3) is 0.235. The first-order valence-corrected chi connectivity index (χ1v) is 7.18. The van der Waals surface area contributed by atoms with Gasteiger partial charge in [0, 0.05) is 12.0 Å². The molecule has 0 aliphatic carbocycles. The Bertz CT molecular complexity index is 547. The van der Waals surface area contributed by atoms with E-state index < -0.39 is 0 Å². The molecule has 0 spiro atoms. The number of halogens is 1. The van der Waals surface area contributed by atoms with E-state index in [9.17, 15) is 4.79 Å². The topological polar surface area (TPSA) is 43.1 Å². The molecule has 2 rings (SSSR count). The molecule has 0 aliphatic heterocycles. The van der Waals surface area contributed by atoms with Gasteiger partial charge in [0.15, 0.2) is 5.12 Å². The summed E-state index contributed by atoms with van der Waals surface area (Å²) in [5, 5.41) is -0.141. The Morgan fingerprint density at radius 2 is 1.33 bits per heavy atom. The van der Waals surface area contributed by atoms with Crippen molar-refractivity contribution < 1.29 is 4.79 Å². The van der Waals surface area contributed by atoms with Crippen molar-refractivity contribution in [2.24, 2.45) is 11.7 Å². The van der Waals surface area contributed by atoms with Gasteiger partial charge in [-0.25, -0.2) is 0 Å². The van der Waals surface area contributed by atoms with Crippen LogP contribution >= 0.6 is 29.6 Å². The van der Waals surface area contributed by atoms with Crippen molar-refractivity contribution >= 4 is 34.7 Å². The number of carbonyl (C=O) groups excluding carboxylic acids is 1. The van der Waals surface area contributed by atoms with E-state index in [1.807, 2.05) is 60.7 Å². The van der Waals surface area contributed by atoms with Gasteiger partial charge in [0.2, 0.25) is 0 Å². The van der Waals surface area contributed by atoms with E-state index in [4.69, 9.17) is 5.73 Å². The predicted octanol–water partition coefficient (Wildman–Crippen LogP) is 3.45. The first kappa shape index (κ1) is 18.0. The molecule has 0 amide bonds. The first-order valence-electron chi connectivity index (χ1n) is 6.73. The van der Waals surface area contributed by atoms with Crippen LogP contribution in [0.3, 0.4) is 0 Å². The SMILES string of the molecule is Br.N[C@@H](Cc1ccccc1)[C@H](Cc1ccccc1)C(=O)S. The minimum atomic E-state index is -0.263. The third-order valence-electron chi connectivity index (χ3n) is 3.45. The molecule has 0 fully saturated rings. The third-order valence-corrected chi connectivity index (χ3v) is 3.78. The Morgan fingerprint density at radius 3 is 1.76 bits per heavy atom. The van der Waals surface area contributed by atoms with Crippen LogP contribution < -0.4 is 5.73 Å². The molecule has 0 heterocycles. The fourth-order valence-electron chi connectivity index (χ4n) is 2.32. The zero-order chi connectivity index (χ0) is 14.4. The van der Waals surface area contributed by atoms with Crippen molar-refractivity contribution in [3.05, 3.63) is 71.8 Å². The third kappa shape index (κ3) is 5.65. The highest BCUT2D eigenvalue weighted by Gasteiger charge is 2.23. The van der Waals surface area contributed by atoms with Crippen molar-refractivity contribution in [2.75, 3.05) is 0 Å². The number of nitrogens with two attached hydrogens (primary N) is 1. The van der Waals surface area contributed by atoms with E-state index in [2.05, 4.69) is 12.6 Å². The standard InChI is InChI=1S/C17H19NOS.BrH/c18-16(12-14-9-5-2-6-10-14)15(17(19)20)11-13-7-3-1-4-8-13;/h1-10,15-16H,11-12,18H2,(H,19,20);1H/t15-,16-;/m0./s1. The Labute approximate surface area is 141 Å². The Balaban J connectivity index is 0.00000220. The van der Waals surface area contributed by atoms with Crippen LogP contribution in [-0.2, 0) is 17.6 Å². The lowest BCUT2D eigenvalue weighted by atomic mass is 9.90. The van der Waals surface area contributed by atoms with Crippen LogP contribution in [0.1, 0.15) is 11.1 Å². The van der Waals surface area contributed by atoms with Gasteiger partial charge in [-0.05, 0) is 24.0 Å². The lowest BCUT2D eigenvalue weighted by Crippen LogP contribution is -2.37. The fourth-order valence-corrected chi connectivity index (χ4v) is 2.60. The Hall–Kier alpha value is -1.10. The summed E-state index contributed by atoms with van der Waals surface area (Å²) in [7, 11) is 0. The van der Waals surface area contributed by atoms with Gasteiger partial charge in [-0.2, -0.15) is 0 Å². The molecule has 2 aromatic rings. The van der Waals surface area contributed by atoms with Gasteiger partial charge in [-0.3, -0.25) is 4.79 Å². The lowest BCUT2D eigenvalue weighted by molar-refractivity contribution is -0.114. The van der Waals surface area contributed by atoms with Gasteiger partial charge in [-0.1, -0.05) is 60.7 Å². The zero-order valence-electron chi connectivity index (χ0n) is 11.7. The molecule has 0 radical (unpaired) electrons. The van der Waals surface area contributed by atoms with Crippen molar-refractivity contribution in [1.82, 2.24) is 0 Å². The van der Waals surface area contributed by atoms with E-state index in [0.29, 0.717) is 12.8 Å². The summed E-state index contributed by atoms with van der Waals surface area (Å²) >= 11 is 4.01. The number of thiol groups is 1. The molecule has 2 atom stereocenters. The second kappa shape index (κ2) is 9.03. The average molecular weight is 366 g/mol. The van der Waals surface area contributed by atoms with E-state index in [-0.39, 0.29) is 34.1 Å². The molecule has 21 heavy (non-hydrogen) atoms. The Kier molecular flexibility index (Phi) is 7.72. The molecule has 2 N–H and O–H groups in total. The summed E-state index contributed by atoms with van der Waals surface area (Å²) in [6.07, 6.45) is 1.32. The molecule has 0 unspecified atom stereocenters. The summed E-state index contributed by atoms with van der Waals surface area (Å²) in [6, 6.07) is 19.7. The normalized spacial score (nSPS) is 13.0. The molecule has 0 bridgehead atoms. The van der Waals surface area contributed by atoms with E-state index in [1.54, 1.807) is 0 Å². The minimum Gasteiger partial charge on any atom is -0.327 e. The van der Waals surface area contributed by atoms with Crippen LogP contribution in [0.15, 0.2) is 60.7 Å². The molecular formula is C17H20BrNOS. The van der Waals surface area contributed by atoms with Crippen LogP contribution in [0, 0.1) is 5.92 Å². The summed E-state index contributed by atoms with van der Waals surface area (Å²) < 4.78 is 0. The van der Waals surface area contributed by atoms with E-state index in [1.165, 1.54) is 0 Å². The highest BCUT2D eigenvalue weighted by Crippen LogP contribution is 2.17. The second-order valence-electron chi connectivity index (χ2n) is 4.99. The van der Waals surface area contributed by atoms with Crippen LogP contribution in [0.2, 0.25) is 0 Å². The molecule has 0 saturated carbocycles. The number of carbonyl (C=O) groups is 1. The molecule has 2 nitrogen and oxygen atoms in total. The van der Waals surface area contributed by atoms with Crippen LogP contribution in [0.25, 0.3) is 0 Å². The highest BCUT2D eigenvalue weighted by atomic mass is 79.9. The maximum absolute atomic E-state index is 11.8. The molecule has 0 aromatic heterocycles. The second-order valence-corrected chi connectivity index (χ2v) is 5.43. The van der Waals surface area contributed by atoms with Gasteiger partial charge in [0.05, 0.1) is 0 Å². The summed E-state index contributed by atoms with van der Waals surface area (Å²) in [5.41, 5.74) is 8.49. The number of benzene rings is 2. The first-order chi connectivity index (χ1) is 9.66. The summed E-state index contributed by atoms with van der Waals surface area (Å²) in [6.45, 7) is 0. The quantitative estimate of drug-likeness (QED) is 0.769. The van der Waals surface area contributed by atoms with Crippen molar-refractivity contribution in [3.8, 4) is 0 Å². The average Bonchev–Trinajstić information content (AvgIpc) is 2.46. The van der Waals surface area contributed by atoms with Gasteiger partial charge in [0.25, 0.3) is 0 Å². The smallest absolute Gasteiger partial charge is 0.190 e. The monoisotopic (exact) mass is 365 g/mol. The van der Waals surface area contributed by atoms with Crippen LogP contribution in [-0.4, -0.2) is 11.2 Å². The maximum atomic E-state index is 11.8. The number of hydrogen-bond donors (Lipinski definition) is 2. The molecule has 112 valence electrons. The zero-order valence-corrected chi connectivity index (χ0v) is 14.3. The predicted molar refractivity (Wildman–Crippen MR) is 96.1 cm³/mol. The lowest BCUT2D eigenvalue weighted by Gasteiger charge is -2.21. The number of hydrogen-bond acceptors (Lipinski definition) is 2. The van der Waals surface area contributed by atoms with Gasteiger partial charge in [-0.15, -0.1) is 29.6 Å². The molecule has 0 saturated heterocycles. The van der Waals surface area contributed by atoms with Crippen LogP contribution in [0.5, 0.6) is 0 Å². The number of rotatable bonds is 6. The molecular weight excluding hydrogens is 346 g/mol.